The fraction of sp³-hybridized carbons (Fsp3) is 0.312. The van der Waals surface area contributed by atoms with Crippen LogP contribution in [-0.4, -0.2) is 26.5 Å². The Bertz CT molecular complexity index is 808. The maximum Gasteiger partial charge on any atom is 0.332 e. The van der Waals surface area contributed by atoms with Crippen LogP contribution in [0, 0.1) is 0 Å². The summed E-state index contributed by atoms with van der Waals surface area (Å²) in [5.41, 5.74) is -0.408. The molecule has 6 nitrogen and oxygen atoms in total. The van der Waals surface area contributed by atoms with E-state index in [0.29, 0.717) is 18.7 Å². The van der Waals surface area contributed by atoms with E-state index in [1.165, 1.54) is 0 Å². The number of hydrogen-bond donors (Lipinski definition) is 2. The number of hydrogen-bond acceptors (Lipinski definition) is 4. The van der Waals surface area contributed by atoms with Crippen LogP contribution in [-0.2, 0) is 14.8 Å². The molecule has 0 spiro atoms. The summed E-state index contributed by atoms with van der Waals surface area (Å²) in [6.45, 7) is 0.399. The summed E-state index contributed by atoms with van der Waals surface area (Å²) in [6.07, 6.45) is 2.02. The van der Waals surface area contributed by atoms with Gasteiger partial charge in [-0.05, 0) is 30.7 Å². The van der Waals surface area contributed by atoms with E-state index in [0.717, 1.165) is 23.6 Å². The Morgan fingerprint density at radius 2 is 1.87 bits per heavy atom. The van der Waals surface area contributed by atoms with Gasteiger partial charge in [-0.1, -0.05) is 36.4 Å². The fourth-order valence-corrected chi connectivity index (χ4v) is 3.83. The highest BCUT2D eigenvalue weighted by Crippen LogP contribution is 2.23. The quantitative estimate of drug-likeness (QED) is 0.904. The van der Waals surface area contributed by atoms with Gasteiger partial charge in [-0.2, -0.15) is 0 Å². The molecule has 2 aromatic rings. The summed E-state index contributed by atoms with van der Waals surface area (Å²) in [5.74, 6) is 0. The van der Waals surface area contributed by atoms with Crippen molar-refractivity contribution in [2.45, 2.75) is 24.7 Å². The fourth-order valence-electron chi connectivity index (χ4n) is 2.63. The number of rotatable bonds is 3. The van der Waals surface area contributed by atoms with Crippen molar-refractivity contribution in [3.8, 4) is 0 Å². The lowest BCUT2D eigenvalue weighted by Crippen LogP contribution is -2.42. The van der Waals surface area contributed by atoms with Crippen molar-refractivity contribution >= 4 is 32.5 Å². The van der Waals surface area contributed by atoms with Crippen LogP contribution in [0.1, 0.15) is 19.3 Å². The van der Waals surface area contributed by atoms with Gasteiger partial charge >= 0.3 is 6.03 Å². The molecule has 0 saturated carbocycles. The van der Waals surface area contributed by atoms with Crippen molar-refractivity contribution in [3.63, 3.8) is 0 Å². The Labute approximate surface area is 134 Å². The molecular weight excluding hydrogens is 316 g/mol. The summed E-state index contributed by atoms with van der Waals surface area (Å²) in [5, 5.41) is 4.40. The van der Waals surface area contributed by atoms with Gasteiger partial charge in [0.2, 0.25) is 0 Å². The first-order valence-corrected chi connectivity index (χ1v) is 9.03. The first kappa shape index (κ1) is 15.8. The Hall–Kier alpha value is -2.12. The number of carbonyl (C=O) groups excluding carboxylic acids is 1. The third kappa shape index (κ3) is 3.62. The normalized spacial score (nSPS) is 18.5. The van der Waals surface area contributed by atoms with Gasteiger partial charge in [0.1, 0.15) is 0 Å². The number of carbonyl (C=O) groups is 1. The van der Waals surface area contributed by atoms with Crippen LogP contribution < -0.4 is 10.0 Å². The Balaban J connectivity index is 1.73. The molecule has 3 rings (SSSR count). The molecule has 0 aromatic heterocycles. The number of ether oxygens (including phenoxy) is 1. The predicted octanol–water partition coefficient (Wildman–Crippen LogP) is 2.82. The summed E-state index contributed by atoms with van der Waals surface area (Å²) >= 11 is 0. The molecular formula is C16H18N2O4S. The molecule has 0 aliphatic carbocycles. The van der Waals surface area contributed by atoms with E-state index in [2.05, 4.69) is 5.32 Å². The van der Waals surface area contributed by atoms with Gasteiger partial charge in [0.25, 0.3) is 10.0 Å². The number of amides is 2. The third-order valence-corrected chi connectivity index (χ3v) is 5.29. The number of sulfonamides is 1. The zero-order valence-electron chi connectivity index (χ0n) is 12.5. The lowest BCUT2D eigenvalue weighted by molar-refractivity contribution is 0.0655. The molecule has 1 saturated heterocycles. The van der Waals surface area contributed by atoms with E-state index >= 15 is 0 Å². The second kappa shape index (κ2) is 6.55. The molecule has 1 atom stereocenters. The number of urea groups is 1. The maximum absolute atomic E-state index is 12.2. The Morgan fingerprint density at radius 1 is 1.09 bits per heavy atom. The smallest absolute Gasteiger partial charge is 0.332 e. The maximum atomic E-state index is 12.2. The molecule has 2 aromatic carbocycles. The van der Waals surface area contributed by atoms with Gasteiger partial charge in [0.05, 0.1) is 5.69 Å². The lowest BCUT2D eigenvalue weighted by atomic mass is 10.1. The molecule has 23 heavy (non-hydrogen) atoms. The van der Waals surface area contributed by atoms with Crippen molar-refractivity contribution in [2.75, 3.05) is 11.9 Å². The minimum absolute atomic E-state index is 0.399. The van der Waals surface area contributed by atoms with Gasteiger partial charge in [0, 0.05) is 12.0 Å². The SMILES string of the molecule is O=C(Nc1cccc2ccccc12)NS(=O)(=O)C1CCCCO1. The van der Waals surface area contributed by atoms with Gasteiger partial charge in [-0.15, -0.1) is 0 Å². The summed E-state index contributed by atoms with van der Waals surface area (Å²) < 4.78 is 31.6. The summed E-state index contributed by atoms with van der Waals surface area (Å²) in [6, 6.07) is 12.2. The molecule has 1 heterocycles. The van der Waals surface area contributed by atoms with Gasteiger partial charge in [0.15, 0.2) is 5.44 Å². The number of fused-ring (bicyclic) bond motifs is 1. The topological polar surface area (TPSA) is 84.5 Å². The highest BCUT2D eigenvalue weighted by Gasteiger charge is 2.29. The Kier molecular flexibility index (Phi) is 4.49. The summed E-state index contributed by atoms with van der Waals surface area (Å²) in [7, 11) is -3.84. The van der Waals surface area contributed by atoms with Crippen LogP contribution in [0.15, 0.2) is 42.5 Å². The van der Waals surface area contributed by atoms with E-state index in [1.54, 1.807) is 12.1 Å². The number of anilines is 1. The van der Waals surface area contributed by atoms with Crippen molar-refractivity contribution in [2.24, 2.45) is 0 Å². The minimum Gasteiger partial charge on any atom is -0.360 e. The monoisotopic (exact) mass is 334 g/mol. The van der Waals surface area contributed by atoms with Crippen LogP contribution in [0.5, 0.6) is 0 Å². The van der Waals surface area contributed by atoms with Crippen molar-refractivity contribution in [1.82, 2.24) is 4.72 Å². The predicted molar refractivity (Wildman–Crippen MR) is 88.6 cm³/mol. The molecule has 2 N–H and O–H groups in total. The first-order chi connectivity index (χ1) is 11.1. The van der Waals surface area contributed by atoms with Crippen molar-refractivity contribution in [3.05, 3.63) is 42.5 Å². The van der Waals surface area contributed by atoms with Crippen LogP contribution in [0.4, 0.5) is 10.5 Å². The van der Waals surface area contributed by atoms with E-state index in [1.807, 2.05) is 35.1 Å². The van der Waals surface area contributed by atoms with E-state index in [9.17, 15) is 13.2 Å². The van der Waals surface area contributed by atoms with Crippen molar-refractivity contribution < 1.29 is 17.9 Å². The average Bonchev–Trinajstić information content (AvgIpc) is 2.55. The van der Waals surface area contributed by atoms with Crippen LogP contribution >= 0.6 is 0 Å². The van der Waals surface area contributed by atoms with Gasteiger partial charge in [-0.3, -0.25) is 0 Å². The molecule has 122 valence electrons. The second-order valence-corrected chi connectivity index (χ2v) is 7.24. The second-order valence-electron chi connectivity index (χ2n) is 5.42. The molecule has 0 bridgehead atoms. The molecule has 7 heteroatoms. The average molecular weight is 334 g/mol. The molecule has 1 unspecified atom stereocenters. The molecule has 1 aliphatic heterocycles. The minimum atomic E-state index is -3.84. The zero-order valence-corrected chi connectivity index (χ0v) is 13.3. The van der Waals surface area contributed by atoms with E-state index in [-0.39, 0.29) is 0 Å². The standard InChI is InChI=1S/C16H18N2O4S/c19-16(18-23(20,21)15-10-3-4-11-22-15)17-14-9-5-7-12-6-1-2-8-13(12)14/h1-2,5-9,15H,3-4,10-11H2,(H2,17,18,19). The first-order valence-electron chi connectivity index (χ1n) is 7.48. The molecule has 1 fully saturated rings. The van der Waals surface area contributed by atoms with Crippen molar-refractivity contribution in [1.29, 1.82) is 0 Å². The third-order valence-electron chi connectivity index (χ3n) is 3.76. The van der Waals surface area contributed by atoms with Crippen LogP contribution in [0.25, 0.3) is 10.8 Å². The lowest BCUT2D eigenvalue weighted by Gasteiger charge is -2.22. The molecule has 1 aliphatic rings. The van der Waals surface area contributed by atoms with E-state index in [4.69, 9.17) is 4.74 Å². The number of benzene rings is 2. The Morgan fingerprint density at radius 3 is 2.65 bits per heavy atom. The van der Waals surface area contributed by atoms with Gasteiger partial charge < -0.3 is 10.1 Å². The molecule has 0 radical (unpaired) electrons. The highest BCUT2D eigenvalue weighted by atomic mass is 32.2. The van der Waals surface area contributed by atoms with E-state index < -0.39 is 21.5 Å². The molecule has 2 amide bonds. The number of nitrogens with one attached hydrogen (secondary N) is 2. The summed E-state index contributed by atoms with van der Waals surface area (Å²) in [4.78, 5) is 12.1. The highest BCUT2D eigenvalue weighted by molar-refractivity contribution is 7.90. The zero-order chi connectivity index (χ0) is 16.3. The largest absolute Gasteiger partial charge is 0.360 e. The van der Waals surface area contributed by atoms with Gasteiger partial charge in [-0.25, -0.2) is 17.9 Å². The van der Waals surface area contributed by atoms with Crippen LogP contribution in [0.2, 0.25) is 0 Å². The van der Waals surface area contributed by atoms with Crippen LogP contribution in [0.3, 0.4) is 0 Å².